The van der Waals surface area contributed by atoms with Crippen molar-refractivity contribution >= 4 is 0 Å². The Hall–Kier alpha value is -1.44. The summed E-state index contributed by atoms with van der Waals surface area (Å²) >= 11 is 0. The third-order valence-corrected chi connectivity index (χ3v) is 3.90. The Morgan fingerprint density at radius 1 is 1.42 bits per heavy atom. The van der Waals surface area contributed by atoms with E-state index in [0.29, 0.717) is 19.0 Å². The van der Waals surface area contributed by atoms with Crippen molar-refractivity contribution in [2.75, 3.05) is 0 Å². The van der Waals surface area contributed by atoms with Crippen molar-refractivity contribution in [3.8, 4) is 6.07 Å². The maximum atomic E-state index is 13.0. The largest absolute Gasteiger partial charge is 0.324 e. The van der Waals surface area contributed by atoms with Crippen LogP contribution >= 0.6 is 0 Å². The molecule has 0 spiro atoms. The first-order chi connectivity index (χ1) is 9.11. The molecular formula is C15H20FN3. The number of nitrogens with two attached hydrogens (primary N) is 1. The zero-order valence-electron chi connectivity index (χ0n) is 11.0. The van der Waals surface area contributed by atoms with Crippen LogP contribution in [0.1, 0.15) is 37.7 Å². The van der Waals surface area contributed by atoms with Crippen molar-refractivity contribution in [1.29, 1.82) is 5.26 Å². The molecule has 1 fully saturated rings. The fourth-order valence-corrected chi connectivity index (χ4v) is 2.64. The number of rotatable bonds is 4. The van der Waals surface area contributed by atoms with Gasteiger partial charge in [-0.05, 0) is 43.4 Å². The molecule has 102 valence electrons. The maximum Gasteiger partial charge on any atom is 0.123 e. The molecule has 0 bridgehead atoms. The SMILES string of the molecule is N#CCC1(N)CCC(NCc2cccc(F)c2)CC1. The lowest BCUT2D eigenvalue weighted by Crippen LogP contribution is -2.46. The fourth-order valence-electron chi connectivity index (χ4n) is 2.64. The minimum atomic E-state index is -0.300. The third kappa shape index (κ3) is 4.02. The first kappa shape index (κ1) is 14.0. The smallest absolute Gasteiger partial charge is 0.123 e. The predicted octanol–water partition coefficient (Wildman–Crippen LogP) is 2.47. The Labute approximate surface area is 113 Å². The van der Waals surface area contributed by atoms with Crippen molar-refractivity contribution in [2.45, 2.75) is 50.2 Å². The van der Waals surface area contributed by atoms with Crippen molar-refractivity contribution in [3.63, 3.8) is 0 Å². The van der Waals surface area contributed by atoms with Crippen molar-refractivity contribution in [2.24, 2.45) is 5.73 Å². The van der Waals surface area contributed by atoms with E-state index in [4.69, 9.17) is 11.0 Å². The molecule has 1 aliphatic carbocycles. The summed E-state index contributed by atoms with van der Waals surface area (Å²) in [4.78, 5) is 0. The molecule has 1 saturated carbocycles. The highest BCUT2D eigenvalue weighted by Gasteiger charge is 2.31. The summed E-state index contributed by atoms with van der Waals surface area (Å²) in [7, 11) is 0. The van der Waals surface area contributed by atoms with Crippen LogP contribution in [0.15, 0.2) is 24.3 Å². The Kier molecular flexibility index (Phi) is 4.52. The summed E-state index contributed by atoms with van der Waals surface area (Å²) in [5.74, 6) is -0.196. The molecule has 1 aromatic rings. The van der Waals surface area contributed by atoms with Crippen molar-refractivity contribution < 1.29 is 4.39 Å². The van der Waals surface area contributed by atoms with Crippen molar-refractivity contribution in [1.82, 2.24) is 5.32 Å². The molecular weight excluding hydrogens is 241 g/mol. The van der Waals surface area contributed by atoms with Crippen LogP contribution in [0.2, 0.25) is 0 Å². The fraction of sp³-hybridized carbons (Fsp3) is 0.533. The highest BCUT2D eigenvalue weighted by Crippen LogP contribution is 2.28. The van der Waals surface area contributed by atoms with Crippen LogP contribution in [0.4, 0.5) is 4.39 Å². The van der Waals surface area contributed by atoms with E-state index in [1.165, 1.54) is 6.07 Å². The number of hydrogen-bond acceptors (Lipinski definition) is 3. The lowest BCUT2D eigenvalue weighted by atomic mass is 9.78. The average molecular weight is 261 g/mol. The average Bonchev–Trinajstić information content (AvgIpc) is 2.38. The van der Waals surface area contributed by atoms with Crippen LogP contribution in [-0.4, -0.2) is 11.6 Å². The van der Waals surface area contributed by atoms with Gasteiger partial charge < -0.3 is 11.1 Å². The number of halogens is 1. The molecule has 3 nitrogen and oxygen atoms in total. The molecule has 0 heterocycles. The van der Waals surface area contributed by atoms with Gasteiger partial charge in [0.1, 0.15) is 5.82 Å². The quantitative estimate of drug-likeness (QED) is 0.875. The molecule has 2 rings (SSSR count). The summed E-state index contributed by atoms with van der Waals surface area (Å²) in [5, 5.41) is 12.2. The molecule has 3 N–H and O–H groups in total. The zero-order chi connectivity index (χ0) is 13.7. The van der Waals surface area contributed by atoms with Gasteiger partial charge in [-0.15, -0.1) is 0 Å². The molecule has 0 aliphatic heterocycles. The molecule has 0 amide bonds. The molecule has 0 saturated heterocycles. The lowest BCUT2D eigenvalue weighted by Gasteiger charge is -2.36. The zero-order valence-corrected chi connectivity index (χ0v) is 11.0. The van der Waals surface area contributed by atoms with Crippen LogP contribution in [0.5, 0.6) is 0 Å². The minimum absolute atomic E-state index is 0.196. The van der Waals surface area contributed by atoms with E-state index in [1.54, 1.807) is 12.1 Å². The van der Waals surface area contributed by atoms with Crippen LogP contribution < -0.4 is 11.1 Å². The van der Waals surface area contributed by atoms with Crippen molar-refractivity contribution in [3.05, 3.63) is 35.6 Å². The summed E-state index contributed by atoms with van der Waals surface area (Å²) in [5.41, 5.74) is 6.82. The number of benzene rings is 1. The second-order valence-corrected chi connectivity index (χ2v) is 5.48. The van der Waals surface area contributed by atoms with Gasteiger partial charge in [0, 0.05) is 18.1 Å². The van der Waals surface area contributed by atoms with Gasteiger partial charge >= 0.3 is 0 Å². The molecule has 0 aromatic heterocycles. The van der Waals surface area contributed by atoms with E-state index >= 15 is 0 Å². The summed E-state index contributed by atoms with van der Waals surface area (Å²) in [6.07, 6.45) is 4.15. The summed E-state index contributed by atoms with van der Waals surface area (Å²) in [6.45, 7) is 0.679. The van der Waals surface area contributed by atoms with E-state index < -0.39 is 0 Å². The molecule has 1 aromatic carbocycles. The van der Waals surface area contributed by atoms with Gasteiger partial charge in [0.05, 0.1) is 12.5 Å². The number of nitrogens with zero attached hydrogens (tertiary/aromatic N) is 1. The van der Waals surface area contributed by atoms with Gasteiger partial charge in [-0.25, -0.2) is 4.39 Å². The van der Waals surface area contributed by atoms with E-state index in [2.05, 4.69) is 11.4 Å². The highest BCUT2D eigenvalue weighted by molar-refractivity contribution is 5.16. The van der Waals surface area contributed by atoms with Gasteiger partial charge in [-0.1, -0.05) is 12.1 Å². The van der Waals surface area contributed by atoms with Gasteiger partial charge in [-0.2, -0.15) is 5.26 Å². The highest BCUT2D eigenvalue weighted by atomic mass is 19.1. The molecule has 4 heteroatoms. The normalized spacial score (nSPS) is 26.9. The Morgan fingerprint density at radius 3 is 2.79 bits per heavy atom. The number of hydrogen-bond donors (Lipinski definition) is 2. The second kappa shape index (κ2) is 6.14. The van der Waals surface area contributed by atoms with E-state index in [0.717, 1.165) is 31.2 Å². The number of nitriles is 1. The molecule has 0 unspecified atom stereocenters. The third-order valence-electron chi connectivity index (χ3n) is 3.90. The molecule has 0 atom stereocenters. The van der Waals surface area contributed by atoms with Gasteiger partial charge in [-0.3, -0.25) is 0 Å². The Balaban J connectivity index is 1.79. The maximum absolute atomic E-state index is 13.0. The number of nitrogens with one attached hydrogen (secondary N) is 1. The first-order valence-corrected chi connectivity index (χ1v) is 6.75. The van der Waals surface area contributed by atoms with E-state index in [-0.39, 0.29) is 11.4 Å². The Morgan fingerprint density at radius 2 is 2.16 bits per heavy atom. The van der Waals surface area contributed by atoms with E-state index in [9.17, 15) is 4.39 Å². The summed E-state index contributed by atoms with van der Waals surface area (Å²) < 4.78 is 13.0. The lowest BCUT2D eigenvalue weighted by molar-refractivity contribution is 0.252. The van der Waals surface area contributed by atoms with Crippen LogP contribution in [0.3, 0.4) is 0 Å². The van der Waals surface area contributed by atoms with Crippen LogP contribution in [0, 0.1) is 17.1 Å². The predicted molar refractivity (Wildman–Crippen MR) is 72.6 cm³/mol. The minimum Gasteiger partial charge on any atom is -0.324 e. The Bertz CT molecular complexity index is 459. The summed E-state index contributed by atoms with van der Waals surface area (Å²) in [6, 6.07) is 9.24. The van der Waals surface area contributed by atoms with E-state index in [1.807, 2.05) is 6.07 Å². The molecule has 19 heavy (non-hydrogen) atoms. The van der Waals surface area contributed by atoms with Gasteiger partial charge in [0.2, 0.25) is 0 Å². The molecule has 0 radical (unpaired) electrons. The standard InChI is InChI=1S/C15H20FN3/c16-13-3-1-2-12(10-13)11-19-14-4-6-15(18,7-5-14)8-9-17/h1-3,10,14,19H,4-8,11,18H2. The van der Waals surface area contributed by atoms with Crippen LogP contribution in [0.25, 0.3) is 0 Å². The first-order valence-electron chi connectivity index (χ1n) is 6.75. The monoisotopic (exact) mass is 261 g/mol. The van der Waals surface area contributed by atoms with Gasteiger partial charge in [0.15, 0.2) is 0 Å². The van der Waals surface area contributed by atoms with Gasteiger partial charge in [0.25, 0.3) is 0 Å². The van der Waals surface area contributed by atoms with Crippen LogP contribution in [-0.2, 0) is 6.54 Å². The molecule has 1 aliphatic rings. The topological polar surface area (TPSA) is 61.8 Å². The second-order valence-electron chi connectivity index (χ2n) is 5.48.